The largest absolute Gasteiger partial charge is 0.381 e. The summed E-state index contributed by atoms with van der Waals surface area (Å²) >= 11 is 6.12. The third-order valence-electron chi connectivity index (χ3n) is 4.36. The van der Waals surface area contributed by atoms with Crippen LogP contribution in [0, 0.1) is 5.92 Å². The number of carbonyl (C=O) groups is 1. The molecule has 1 unspecified atom stereocenters. The average molecular weight is 324 g/mol. The first-order valence-electron chi connectivity index (χ1n) is 7.75. The number of likely N-dealkylation sites (N-methyl/N-ethyl adjacent to an activating group) is 1. The number of anilines is 2. The van der Waals surface area contributed by atoms with Gasteiger partial charge in [-0.25, -0.2) is 0 Å². The summed E-state index contributed by atoms with van der Waals surface area (Å²) in [5.74, 6) is -0.0329. The lowest BCUT2D eigenvalue weighted by Crippen LogP contribution is -2.44. The van der Waals surface area contributed by atoms with E-state index in [2.05, 4.69) is 22.2 Å². The van der Waals surface area contributed by atoms with Crippen molar-refractivity contribution in [3.8, 4) is 0 Å². The lowest BCUT2D eigenvalue weighted by atomic mass is 10.1. The third kappa shape index (κ3) is 3.54. The molecule has 0 radical (unpaired) electrons. The number of piperazine rings is 1. The van der Waals surface area contributed by atoms with Crippen molar-refractivity contribution >= 4 is 28.9 Å². The van der Waals surface area contributed by atoms with Crippen molar-refractivity contribution in [3.05, 3.63) is 23.2 Å². The second-order valence-electron chi connectivity index (χ2n) is 6.00. The summed E-state index contributed by atoms with van der Waals surface area (Å²) in [4.78, 5) is 17.0. The number of benzene rings is 1. The predicted molar refractivity (Wildman–Crippen MR) is 88.7 cm³/mol. The van der Waals surface area contributed by atoms with Crippen molar-refractivity contribution in [1.82, 2.24) is 4.90 Å². The smallest absolute Gasteiger partial charge is 0.229 e. The zero-order valence-electron chi connectivity index (χ0n) is 12.8. The second kappa shape index (κ2) is 6.86. The Bertz CT molecular complexity index is 538. The van der Waals surface area contributed by atoms with Crippen molar-refractivity contribution in [1.29, 1.82) is 0 Å². The van der Waals surface area contributed by atoms with Crippen LogP contribution in [-0.2, 0) is 9.53 Å². The maximum absolute atomic E-state index is 12.4. The second-order valence-corrected chi connectivity index (χ2v) is 6.44. The van der Waals surface area contributed by atoms with Gasteiger partial charge in [0.2, 0.25) is 5.91 Å². The summed E-state index contributed by atoms with van der Waals surface area (Å²) in [6.07, 6.45) is 0.788. The van der Waals surface area contributed by atoms with Gasteiger partial charge in [-0.2, -0.15) is 0 Å². The van der Waals surface area contributed by atoms with Crippen LogP contribution in [0.25, 0.3) is 0 Å². The van der Waals surface area contributed by atoms with E-state index >= 15 is 0 Å². The molecule has 3 rings (SSSR count). The number of ether oxygens (including phenoxy) is 1. The van der Waals surface area contributed by atoms with Crippen molar-refractivity contribution in [3.63, 3.8) is 0 Å². The first kappa shape index (κ1) is 15.6. The van der Waals surface area contributed by atoms with Crippen LogP contribution >= 0.6 is 11.6 Å². The number of carbonyl (C=O) groups excluding carboxylic acids is 1. The average Bonchev–Trinajstić information content (AvgIpc) is 3.03. The Morgan fingerprint density at radius 1 is 1.32 bits per heavy atom. The summed E-state index contributed by atoms with van der Waals surface area (Å²) in [6, 6.07) is 5.71. The number of nitrogens with one attached hydrogen (secondary N) is 1. The molecule has 5 nitrogen and oxygen atoms in total. The Morgan fingerprint density at radius 2 is 2.09 bits per heavy atom. The van der Waals surface area contributed by atoms with Crippen molar-refractivity contribution < 1.29 is 9.53 Å². The van der Waals surface area contributed by atoms with E-state index in [-0.39, 0.29) is 11.8 Å². The minimum atomic E-state index is -0.0562. The molecule has 1 amide bonds. The van der Waals surface area contributed by atoms with E-state index in [0.29, 0.717) is 18.2 Å². The molecule has 1 aromatic rings. The number of rotatable bonds is 3. The van der Waals surface area contributed by atoms with Crippen LogP contribution in [0.4, 0.5) is 11.4 Å². The number of halogens is 1. The Hall–Kier alpha value is -1.30. The fourth-order valence-corrected chi connectivity index (χ4v) is 3.08. The number of nitrogens with zero attached hydrogens (tertiary/aromatic N) is 2. The van der Waals surface area contributed by atoms with Gasteiger partial charge in [-0.05, 0) is 31.7 Å². The highest BCUT2D eigenvalue weighted by atomic mass is 35.5. The Kier molecular flexibility index (Phi) is 4.86. The van der Waals surface area contributed by atoms with Gasteiger partial charge in [-0.1, -0.05) is 11.6 Å². The third-order valence-corrected chi connectivity index (χ3v) is 4.60. The van der Waals surface area contributed by atoms with E-state index < -0.39 is 0 Å². The quantitative estimate of drug-likeness (QED) is 0.925. The predicted octanol–water partition coefficient (Wildman–Crippen LogP) is 2.07. The minimum absolute atomic E-state index is 0.0233. The lowest BCUT2D eigenvalue weighted by molar-refractivity contribution is -0.119. The van der Waals surface area contributed by atoms with Gasteiger partial charge in [0.25, 0.3) is 0 Å². The summed E-state index contributed by atoms with van der Waals surface area (Å²) in [5, 5.41) is 3.68. The molecule has 2 aliphatic heterocycles. The van der Waals surface area contributed by atoms with Gasteiger partial charge in [0.05, 0.1) is 23.9 Å². The van der Waals surface area contributed by atoms with Gasteiger partial charge >= 0.3 is 0 Å². The molecule has 1 N–H and O–H groups in total. The van der Waals surface area contributed by atoms with Crippen LogP contribution in [0.2, 0.25) is 5.02 Å². The molecule has 2 heterocycles. The number of hydrogen-bond acceptors (Lipinski definition) is 4. The summed E-state index contributed by atoms with van der Waals surface area (Å²) in [6.45, 7) is 5.12. The first-order chi connectivity index (χ1) is 10.6. The highest BCUT2D eigenvalue weighted by Gasteiger charge is 2.25. The van der Waals surface area contributed by atoms with E-state index in [1.807, 2.05) is 18.2 Å². The molecule has 120 valence electrons. The van der Waals surface area contributed by atoms with Gasteiger partial charge in [-0.15, -0.1) is 0 Å². The Labute approximate surface area is 136 Å². The minimum Gasteiger partial charge on any atom is -0.381 e. The van der Waals surface area contributed by atoms with Gasteiger partial charge in [-0.3, -0.25) is 4.79 Å². The first-order valence-corrected chi connectivity index (χ1v) is 8.13. The molecule has 0 spiro atoms. The van der Waals surface area contributed by atoms with Gasteiger partial charge in [0.15, 0.2) is 0 Å². The fraction of sp³-hybridized carbons (Fsp3) is 0.562. The molecule has 1 aromatic carbocycles. The fourth-order valence-electron chi connectivity index (χ4n) is 2.91. The summed E-state index contributed by atoms with van der Waals surface area (Å²) in [5.41, 5.74) is 1.85. The zero-order valence-corrected chi connectivity index (χ0v) is 13.6. The van der Waals surface area contributed by atoms with Gasteiger partial charge in [0.1, 0.15) is 0 Å². The Balaban J connectivity index is 1.77. The molecule has 2 aliphatic rings. The molecule has 0 bridgehead atoms. The van der Waals surface area contributed by atoms with E-state index in [1.165, 1.54) is 0 Å². The molecule has 22 heavy (non-hydrogen) atoms. The van der Waals surface area contributed by atoms with Gasteiger partial charge in [0, 0.05) is 37.8 Å². The van der Waals surface area contributed by atoms with Crippen molar-refractivity contribution in [2.24, 2.45) is 5.92 Å². The molecule has 1 atom stereocenters. The van der Waals surface area contributed by atoms with Crippen molar-refractivity contribution in [2.45, 2.75) is 6.42 Å². The van der Waals surface area contributed by atoms with Crippen LogP contribution in [0.15, 0.2) is 18.2 Å². The number of hydrogen-bond donors (Lipinski definition) is 1. The van der Waals surface area contributed by atoms with Crippen LogP contribution in [-0.4, -0.2) is 57.2 Å². The highest BCUT2D eigenvalue weighted by molar-refractivity contribution is 6.31. The molecular formula is C16H22ClN3O2. The standard InChI is InChI=1S/C16H22ClN3O2/c1-19-5-7-20(8-6-19)15-3-2-13(17)10-14(15)18-16(21)12-4-9-22-11-12/h2-3,10,12H,4-9,11H2,1H3,(H,18,21). The van der Waals surface area contributed by atoms with Crippen LogP contribution in [0.3, 0.4) is 0 Å². The molecule has 2 fully saturated rings. The molecular weight excluding hydrogens is 302 g/mol. The van der Waals surface area contributed by atoms with Crippen LogP contribution < -0.4 is 10.2 Å². The van der Waals surface area contributed by atoms with Crippen molar-refractivity contribution in [2.75, 3.05) is 56.7 Å². The normalized spacial score (nSPS) is 22.8. The number of amides is 1. The monoisotopic (exact) mass is 323 g/mol. The topological polar surface area (TPSA) is 44.8 Å². The molecule has 0 saturated carbocycles. The molecule has 6 heteroatoms. The Morgan fingerprint density at radius 3 is 2.77 bits per heavy atom. The van der Waals surface area contributed by atoms with E-state index in [1.54, 1.807) is 0 Å². The van der Waals surface area contributed by atoms with E-state index in [9.17, 15) is 4.79 Å². The van der Waals surface area contributed by atoms with Crippen LogP contribution in [0.1, 0.15) is 6.42 Å². The van der Waals surface area contributed by atoms with Gasteiger partial charge < -0.3 is 19.9 Å². The maximum atomic E-state index is 12.4. The van der Waals surface area contributed by atoms with Crippen LogP contribution in [0.5, 0.6) is 0 Å². The SMILES string of the molecule is CN1CCN(c2ccc(Cl)cc2NC(=O)C2CCOC2)CC1. The molecule has 0 aromatic heterocycles. The molecule has 2 saturated heterocycles. The molecule has 0 aliphatic carbocycles. The maximum Gasteiger partial charge on any atom is 0.229 e. The summed E-state index contributed by atoms with van der Waals surface area (Å²) in [7, 11) is 2.13. The lowest BCUT2D eigenvalue weighted by Gasteiger charge is -2.35. The summed E-state index contributed by atoms with van der Waals surface area (Å²) < 4.78 is 5.30. The highest BCUT2D eigenvalue weighted by Crippen LogP contribution is 2.30. The van der Waals surface area contributed by atoms with E-state index in [4.69, 9.17) is 16.3 Å². The van der Waals surface area contributed by atoms with E-state index in [0.717, 1.165) is 44.0 Å². The zero-order chi connectivity index (χ0) is 15.5.